The number of methoxy groups -OCH3 is 2. The summed E-state index contributed by atoms with van der Waals surface area (Å²) in [5.41, 5.74) is 3.30. The van der Waals surface area contributed by atoms with Gasteiger partial charge < -0.3 is 14.4 Å². The fourth-order valence-electron chi connectivity index (χ4n) is 3.69. The number of halogens is 3. The van der Waals surface area contributed by atoms with E-state index in [0.29, 0.717) is 24.0 Å². The smallest absolute Gasteiger partial charge is 0.165 e. The summed E-state index contributed by atoms with van der Waals surface area (Å²) in [6, 6.07) is 29.1. The molecule has 0 spiro atoms. The number of aliphatic imine (C=N–C) groups is 1. The van der Waals surface area contributed by atoms with E-state index in [1.165, 1.54) is 23.9 Å². The molecule has 4 aromatic carbocycles. The van der Waals surface area contributed by atoms with E-state index >= 15 is 0 Å². The summed E-state index contributed by atoms with van der Waals surface area (Å²) in [6.07, 6.45) is 0. The molecule has 0 unspecified atom stereocenters. The van der Waals surface area contributed by atoms with Crippen molar-refractivity contribution in [2.24, 2.45) is 4.99 Å². The van der Waals surface area contributed by atoms with Gasteiger partial charge in [-0.1, -0.05) is 66.4 Å². The Hall–Kier alpha value is -3.36. The highest BCUT2D eigenvalue weighted by Gasteiger charge is 2.16. The number of benzene rings is 4. The molecular weight excluding hydrogens is 570 g/mol. The molecule has 0 heterocycles. The summed E-state index contributed by atoms with van der Waals surface area (Å²) < 4.78 is 38.8. The van der Waals surface area contributed by atoms with Crippen LogP contribution in [0.5, 0.6) is 11.5 Å². The number of rotatable bonds is 9. The Labute approximate surface area is 237 Å². The minimum Gasteiger partial charge on any atom is -0.497 e. The molecule has 4 nitrogen and oxygen atoms in total. The predicted molar refractivity (Wildman–Crippen MR) is 157 cm³/mol. The first kappa shape index (κ1) is 29.2. The first-order valence-electron chi connectivity index (χ1n) is 11.8. The third-order valence-corrected chi connectivity index (χ3v) is 6.76. The molecule has 0 saturated heterocycles. The number of amidine groups is 1. The van der Waals surface area contributed by atoms with E-state index in [1.54, 1.807) is 14.2 Å². The van der Waals surface area contributed by atoms with Gasteiger partial charge in [-0.25, -0.2) is 13.8 Å². The van der Waals surface area contributed by atoms with Crippen molar-refractivity contribution in [2.45, 2.75) is 18.8 Å². The molecule has 8 heteroatoms. The van der Waals surface area contributed by atoms with Gasteiger partial charge in [0.25, 0.3) is 0 Å². The standard InChI is InChI=1S/C30H28F2N2O2S.BrH/c1-35-26-13-8-22(9-14-26)19-34(20-23-10-15-27(36-2)16-11-23)30(37-21-24-6-4-3-5-7-24)33-29-17-12-25(31)18-28(29)32;/h3-18H,19-21H2,1-2H3;1H. The van der Waals surface area contributed by atoms with E-state index in [-0.39, 0.29) is 22.7 Å². The van der Waals surface area contributed by atoms with E-state index in [2.05, 4.69) is 9.89 Å². The van der Waals surface area contributed by atoms with Crippen LogP contribution in [0.15, 0.2) is 102 Å². The van der Waals surface area contributed by atoms with Gasteiger partial charge in [-0.3, -0.25) is 0 Å². The first-order valence-corrected chi connectivity index (χ1v) is 12.7. The number of hydrogen-bond acceptors (Lipinski definition) is 4. The summed E-state index contributed by atoms with van der Waals surface area (Å²) in [6.45, 7) is 1.05. The molecule has 4 aromatic rings. The molecule has 0 N–H and O–H groups in total. The normalized spacial score (nSPS) is 11.0. The summed E-state index contributed by atoms with van der Waals surface area (Å²) in [7, 11) is 3.26. The Morgan fingerprint density at radius 3 is 1.79 bits per heavy atom. The lowest BCUT2D eigenvalue weighted by atomic mass is 10.1. The Morgan fingerprint density at radius 1 is 0.737 bits per heavy atom. The number of thioether (sulfide) groups is 1. The van der Waals surface area contributed by atoms with Gasteiger partial charge in [0.1, 0.15) is 23.0 Å². The lowest BCUT2D eigenvalue weighted by Gasteiger charge is -2.26. The Morgan fingerprint density at radius 2 is 1.29 bits per heavy atom. The Kier molecular flexibility index (Phi) is 11.2. The highest BCUT2D eigenvalue weighted by atomic mass is 79.9. The summed E-state index contributed by atoms with van der Waals surface area (Å²) in [5.74, 6) is 0.844. The molecule has 0 saturated carbocycles. The average molecular weight is 600 g/mol. The van der Waals surface area contributed by atoms with Gasteiger partial charge >= 0.3 is 0 Å². The molecular formula is C30H29BrF2N2O2S. The molecule has 0 radical (unpaired) electrons. The molecule has 0 aliphatic rings. The molecule has 0 bridgehead atoms. The highest BCUT2D eigenvalue weighted by Crippen LogP contribution is 2.27. The van der Waals surface area contributed by atoms with E-state index in [4.69, 9.17) is 9.47 Å². The van der Waals surface area contributed by atoms with Crippen LogP contribution in [0.1, 0.15) is 16.7 Å². The van der Waals surface area contributed by atoms with Crippen LogP contribution < -0.4 is 9.47 Å². The topological polar surface area (TPSA) is 34.1 Å². The minimum absolute atomic E-state index is 0. The molecule has 0 aliphatic heterocycles. The van der Waals surface area contributed by atoms with Gasteiger partial charge in [-0.2, -0.15) is 0 Å². The van der Waals surface area contributed by atoms with Crippen molar-refractivity contribution in [3.8, 4) is 11.5 Å². The average Bonchev–Trinajstić information content (AvgIpc) is 2.93. The first-order chi connectivity index (χ1) is 18.0. The molecule has 0 aromatic heterocycles. The molecule has 38 heavy (non-hydrogen) atoms. The van der Waals surface area contributed by atoms with Gasteiger partial charge in [0.15, 0.2) is 11.0 Å². The molecule has 198 valence electrons. The van der Waals surface area contributed by atoms with Crippen molar-refractivity contribution in [3.63, 3.8) is 0 Å². The van der Waals surface area contributed by atoms with Crippen LogP contribution in [-0.2, 0) is 18.8 Å². The maximum atomic E-state index is 14.7. The summed E-state index contributed by atoms with van der Waals surface area (Å²) in [5, 5.41) is 0.626. The van der Waals surface area contributed by atoms with Crippen molar-refractivity contribution in [1.82, 2.24) is 4.90 Å². The van der Waals surface area contributed by atoms with Crippen LogP contribution in [0.3, 0.4) is 0 Å². The predicted octanol–water partition coefficient (Wildman–Crippen LogP) is 8.18. The van der Waals surface area contributed by atoms with E-state index in [1.807, 2.05) is 78.9 Å². The van der Waals surface area contributed by atoms with Crippen molar-refractivity contribution in [3.05, 3.63) is 125 Å². The minimum atomic E-state index is -0.702. The molecule has 0 fully saturated rings. The second kappa shape index (κ2) is 14.5. The third kappa shape index (κ3) is 8.33. The third-order valence-electron chi connectivity index (χ3n) is 5.67. The number of ether oxygens (including phenoxy) is 2. The van der Waals surface area contributed by atoms with E-state index < -0.39 is 11.6 Å². The van der Waals surface area contributed by atoms with Crippen LogP contribution >= 0.6 is 28.7 Å². The lowest BCUT2D eigenvalue weighted by Crippen LogP contribution is -2.28. The SMILES string of the molecule is Br.COc1ccc(CN(Cc2ccc(OC)cc2)C(=Nc2ccc(F)cc2F)SCc2ccccc2)cc1. The van der Waals surface area contributed by atoms with Gasteiger partial charge in [0.05, 0.1) is 14.2 Å². The Bertz CT molecular complexity index is 1270. The van der Waals surface area contributed by atoms with Crippen LogP contribution in [0, 0.1) is 11.6 Å². The fraction of sp³-hybridized carbons (Fsp3) is 0.167. The van der Waals surface area contributed by atoms with Gasteiger partial charge in [-0.15, -0.1) is 17.0 Å². The van der Waals surface area contributed by atoms with Crippen LogP contribution in [0.4, 0.5) is 14.5 Å². The molecule has 4 rings (SSSR count). The molecule has 0 atom stereocenters. The number of hydrogen-bond donors (Lipinski definition) is 0. The van der Waals surface area contributed by atoms with Gasteiger partial charge in [0.2, 0.25) is 0 Å². The van der Waals surface area contributed by atoms with Gasteiger partial charge in [0, 0.05) is 24.9 Å². The van der Waals surface area contributed by atoms with Crippen molar-refractivity contribution < 1.29 is 18.3 Å². The number of nitrogens with zero attached hydrogens (tertiary/aromatic N) is 2. The zero-order chi connectivity index (χ0) is 26.0. The van der Waals surface area contributed by atoms with Crippen LogP contribution in [-0.4, -0.2) is 24.3 Å². The summed E-state index contributed by atoms with van der Waals surface area (Å²) >= 11 is 1.51. The zero-order valence-electron chi connectivity index (χ0n) is 21.1. The van der Waals surface area contributed by atoms with Crippen molar-refractivity contribution in [2.75, 3.05) is 14.2 Å². The maximum Gasteiger partial charge on any atom is 0.165 e. The fourth-order valence-corrected chi connectivity index (χ4v) is 4.65. The van der Waals surface area contributed by atoms with Gasteiger partial charge in [-0.05, 0) is 53.1 Å². The van der Waals surface area contributed by atoms with Crippen molar-refractivity contribution in [1.29, 1.82) is 0 Å². The van der Waals surface area contributed by atoms with E-state index in [0.717, 1.165) is 34.3 Å². The van der Waals surface area contributed by atoms with E-state index in [9.17, 15) is 8.78 Å². The largest absolute Gasteiger partial charge is 0.497 e. The molecule has 0 amide bonds. The second-order valence-electron chi connectivity index (χ2n) is 8.32. The van der Waals surface area contributed by atoms with Crippen LogP contribution in [0.2, 0.25) is 0 Å². The summed E-state index contributed by atoms with van der Waals surface area (Å²) in [4.78, 5) is 6.79. The zero-order valence-corrected chi connectivity index (χ0v) is 23.7. The monoisotopic (exact) mass is 598 g/mol. The molecule has 0 aliphatic carbocycles. The maximum absolute atomic E-state index is 14.7. The Balaban J connectivity index is 0.00000400. The highest BCUT2D eigenvalue weighted by molar-refractivity contribution is 8.93. The second-order valence-corrected chi connectivity index (χ2v) is 9.26. The van der Waals surface area contributed by atoms with Crippen LogP contribution in [0.25, 0.3) is 0 Å². The quantitative estimate of drug-likeness (QED) is 0.144. The lowest BCUT2D eigenvalue weighted by molar-refractivity contribution is 0.405. The van der Waals surface area contributed by atoms with Crippen molar-refractivity contribution >= 4 is 39.6 Å².